The van der Waals surface area contributed by atoms with Gasteiger partial charge < -0.3 is 35.3 Å². The molecule has 4 amide bonds. The molecule has 0 atom stereocenters. The summed E-state index contributed by atoms with van der Waals surface area (Å²) >= 11 is 0. The van der Waals surface area contributed by atoms with Gasteiger partial charge in [0, 0.05) is 202 Å². The molecule has 21 heteroatoms. The molecule has 8 heterocycles. The van der Waals surface area contributed by atoms with Crippen molar-refractivity contribution >= 4 is 35.5 Å². The van der Waals surface area contributed by atoms with Crippen molar-refractivity contribution in [2.45, 2.75) is 58.2 Å². The van der Waals surface area contributed by atoms with E-state index in [1.165, 1.54) is 12.8 Å². The zero-order chi connectivity index (χ0) is 81.0. The van der Waals surface area contributed by atoms with E-state index in [9.17, 15) is 19.2 Å². The number of hydrogen-bond donors (Lipinski definition) is 4. The molecule has 8 aromatic carbocycles. The molecule has 0 unspecified atom stereocenters. The standard InChI is InChI=1S/C25H26N4O.C24H21N5O.C24H20N4O.C24H18N4O/c30-25(27-13-6-15-28-18-14-26-20-28)23-11-12-24(29-16-4-5-17-29)22(19-23)10-9-21-7-2-1-3-8-21;30-24(26-12-4-15-28-17-14-25-19-28)22-10-11-23(29-16-5-13-27-29)21(18-22)9-8-20-6-2-1-3-7-20;29-24(26-16-13-22-8-4-14-25-22)21-11-12-23(28-17-5-15-27-28)20(18-21)10-9-19-6-2-1-3-7-19;29-24(26-18-20-8-4-13-25-17-20)22-11-12-23(28-15-5-14-27-28)21(16-22)10-9-19-6-2-1-3-7-19/h1-3,7-8,11-12,14,18-20H,4-6,13,15-17H2,(H,27,30);1-3,5-7,10-11,13-14,16-19H,4,12,15H2,(H,26,30);1-3,5-8,11-12,14-15,17-18H,4,13,16H2,(H,26,29);1-8,11-17H,18H2,(H,26,29). The maximum Gasteiger partial charge on any atom is 0.251 e. The molecule has 16 rings (SSSR count). The molecule has 0 saturated carbocycles. The molecule has 4 N–H and O–H groups in total. The Bertz CT molecular complexity index is 5920. The number of pyridine rings is 1. The van der Waals surface area contributed by atoms with Crippen LogP contribution in [0.4, 0.5) is 5.69 Å². The lowest BCUT2D eigenvalue weighted by Crippen LogP contribution is -2.25. The van der Waals surface area contributed by atoms with E-state index in [1.54, 1.807) is 94.3 Å². The maximum absolute atomic E-state index is 12.7. The van der Waals surface area contributed by atoms with Gasteiger partial charge in [0.15, 0.2) is 0 Å². The predicted octanol–water partition coefficient (Wildman–Crippen LogP) is 14.3. The van der Waals surface area contributed by atoms with Crippen LogP contribution in [0.5, 0.6) is 0 Å². The van der Waals surface area contributed by atoms with E-state index in [0.29, 0.717) is 48.4 Å². The maximum atomic E-state index is 12.7. The first kappa shape index (κ1) is 80.3. The van der Waals surface area contributed by atoms with Crippen LogP contribution >= 0.6 is 0 Å². The minimum Gasteiger partial charge on any atom is -0.371 e. The number of amides is 4. The first-order valence-corrected chi connectivity index (χ1v) is 38.9. The van der Waals surface area contributed by atoms with Crippen LogP contribution in [-0.4, -0.2) is 116 Å². The molecule has 1 saturated heterocycles. The summed E-state index contributed by atoms with van der Waals surface area (Å²) in [6, 6.07) is 70.9. The van der Waals surface area contributed by atoms with Crippen LogP contribution < -0.4 is 26.2 Å². The molecule has 2 aliphatic heterocycles. The van der Waals surface area contributed by atoms with Crippen LogP contribution in [0.1, 0.15) is 130 Å². The van der Waals surface area contributed by atoms with Crippen LogP contribution in [0.25, 0.3) is 17.1 Å². The summed E-state index contributed by atoms with van der Waals surface area (Å²) in [5.74, 6) is 25.2. The minimum atomic E-state index is -0.163. The second-order valence-electron chi connectivity index (χ2n) is 27.1. The summed E-state index contributed by atoms with van der Waals surface area (Å²) in [4.78, 5) is 69.3. The van der Waals surface area contributed by atoms with Crippen molar-refractivity contribution < 1.29 is 19.2 Å². The Kier molecular flexibility index (Phi) is 29.1. The van der Waals surface area contributed by atoms with Crippen molar-refractivity contribution in [3.05, 3.63) is 396 Å². The van der Waals surface area contributed by atoms with Crippen molar-refractivity contribution in [2.24, 2.45) is 4.99 Å². The lowest BCUT2D eigenvalue weighted by Gasteiger charge is -2.20. The molecular formula is C97H85N17O4. The Morgan fingerprint density at radius 3 is 1.11 bits per heavy atom. The highest BCUT2D eigenvalue weighted by molar-refractivity contribution is 5.97. The van der Waals surface area contributed by atoms with Crippen molar-refractivity contribution in [3.63, 3.8) is 0 Å². The van der Waals surface area contributed by atoms with Crippen molar-refractivity contribution in [1.82, 2.24) is 74.7 Å². The molecule has 0 bridgehead atoms. The molecule has 1 fully saturated rings. The number of nitrogens with zero attached hydrogens (tertiary/aromatic N) is 13. The number of hydrogen-bond acceptors (Lipinski definition) is 12. The summed E-state index contributed by atoms with van der Waals surface area (Å²) in [6.07, 6.45) is 34.7. The topological polar surface area (TPSA) is 234 Å². The molecule has 0 spiro atoms. The van der Waals surface area contributed by atoms with Gasteiger partial charge in [-0.15, -0.1) is 0 Å². The molecule has 0 radical (unpaired) electrons. The smallest absolute Gasteiger partial charge is 0.251 e. The van der Waals surface area contributed by atoms with Crippen LogP contribution in [0.15, 0.2) is 328 Å². The molecule has 21 nitrogen and oxygen atoms in total. The number of carbonyl (C=O) groups is 4. The summed E-state index contributed by atoms with van der Waals surface area (Å²) in [6.45, 7) is 5.90. The zero-order valence-corrected chi connectivity index (χ0v) is 64.9. The van der Waals surface area contributed by atoms with E-state index in [0.717, 1.165) is 130 Å². The summed E-state index contributed by atoms with van der Waals surface area (Å²) in [5.41, 5.74) is 14.7. The molecule has 0 aliphatic carbocycles. The normalized spacial score (nSPS) is 11.4. The fourth-order valence-electron chi connectivity index (χ4n) is 12.6. The highest BCUT2D eigenvalue weighted by Gasteiger charge is 2.19. The van der Waals surface area contributed by atoms with Gasteiger partial charge in [-0.1, -0.05) is 132 Å². The monoisotopic (exact) mass is 1550 g/mol. The third kappa shape index (κ3) is 24.2. The molecular weight excluding hydrogens is 1470 g/mol. The van der Waals surface area contributed by atoms with Crippen LogP contribution in [0.2, 0.25) is 0 Å². The first-order valence-electron chi connectivity index (χ1n) is 38.9. The van der Waals surface area contributed by atoms with E-state index in [1.807, 2.05) is 247 Å². The Morgan fingerprint density at radius 2 is 0.754 bits per heavy atom. The highest BCUT2D eigenvalue weighted by Crippen LogP contribution is 2.27. The number of allylic oxidation sites excluding steroid dienone is 1. The van der Waals surface area contributed by atoms with Gasteiger partial charge in [-0.3, -0.25) is 29.2 Å². The Balaban J connectivity index is 0.000000136. The Morgan fingerprint density at radius 1 is 0.364 bits per heavy atom. The van der Waals surface area contributed by atoms with Crippen LogP contribution in [0, 0.1) is 47.4 Å². The number of aromatic nitrogens is 11. The highest BCUT2D eigenvalue weighted by atomic mass is 16.2. The van der Waals surface area contributed by atoms with Crippen LogP contribution in [-0.2, 0) is 19.6 Å². The number of nitrogens with one attached hydrogen (secondary N) is 4. The fraction of sp³-hybridized carbons (Fsp3) is 0.144. The number of aryl methyl sites for hydroxylation is 2. The van der Waals surface area contributed by atoms with E-state index < -0.39 is 0 Å². The molecule has 118 heavy (non-hydrogen) atoms. The largest absolute Gasteiger partial charge is 0.371 e. The fourth-order valence-corrected chi connectivity index (χ4v) is 12.6. The number of benzene rings is 8. The first-order chi connectivity index (χ1) is 58.2. The summed E-state index contributed by atoms with van der Waals surface area (Å²) < 4.78 is 9.24. The van der Waals surface area contributed by atoms with Gasteiger partial charge in [-0.05, 0) is 177 Å². The predicted molar refractivity (Wildman–Crippen MR) is 460 cm³/mol. The minimum absolute atomic E-state index is 0.0589. The summed E-state index contributed by atoms with van der Waals surface area (Å²) in [5, 5.41) is 24.8. The van der Waals surface area contributed by atoms with Gasteiger partial charge in [0.1, 0.15) is 0 Å². The van der Waals surface area contributed by atoms with Crippen LogP contribution in [0.3, 0.4) is 0 Å². The number of aliphatic imine (C=N–C) groups is 1. The average Bonchev–Trinajstić information content (AvgIpc) is 1.40. The molecule has 582 valence electrons. The van der Waals surface area contributed by atoms with Crippen molar-refractivity contribution in [3.8, 4) is 64.4 Å². The average molecular weight is 1550 g/mol. The number of anilines is 1. The third-order valence-corrected chi connectivity index (χ3v) is 18.6. The van der Waals surface area contributed by atoms with E-state index >= 15 is 0 Å². The van der Waals surface area contributed by atoms with Gasteiger partial charge in [0.2, 0.25) is 0 Å². The number of rotatable bonds is 21. The zero-order valence-electron chi connectivity index (χ0n) is 64.9. The Labute approximate surface area is 686 Å². The van der Waals surface area contributed by atoms with Gasteiger partial charge in [-0.25, -0.2) is 24.0 Å². The second-order valence-corrected chi connectivity index (χ2v) is 27.1. The van der Waals surface area contributed by atoms with E-state index in [4.69, 9.17) is 0 Å². The number of imidazole rings is 2. The van der Waals surface area contributed by atoms with Crippen molar-refractivity contribution in [1.29, 1.82) is 0 Å². The van der Waals surface area contributed by atoms with Gasteiger partial charge in [0.25, 0.3) is 23.6 Å². The third-order valence-electron chi connectivity index (χ3n) is 18.6. The molecule has 2 aliphatic rings. The van der Waals surface area contributed by atoms with Gasteiger partial charge in [-0.2, -0.15) is 15.3 Å². The number of carbonyl (C=O) groups excluding carboxylic acids is 4. The second kappa shape index (κ2) is 42.8. The van der Waals surface area contributed by atoms with E-state index in [-0.39, 0.29) is 23.6 Å². The van der Waals surface area contributed by atoms with E-state index in [2.05, 4.69) is 115 Å². The Hall–Kier alpha value is -15.7. The van der Waals surface area contributed by atoms with Gasteiger partial charge >= 0.3 is 0 Å². The lowest BCUT2D eigenvalue weighted by atomic mass is 10.1. The molecule has 6 aromatic heterocycles. The quantitative estimate of drug-likeness (QED) is 0.0390. The van der Waals surface area contributed by atoms with Gasteiger partial charge in [0.05, 0.1) is 52.1 Å². The SMILES string of the molecule is O=C(NCCC1=CCC=N1)c1ccc(-n2cccn2)c(C#Cc2ccccc2)c1.O=C(NCCCn1ccnc1)c1ccc(-n2cccn2)c(C#Cc2ccccc2)c1.O=C(NCCCn1ccnc1)c1ccc(N2CCCC2)c(C#Cc2ccccc2)c1.O=C(NCc1cccnc1)c1ccc(-n2cccn2)c(C#Cc2ccccc2)c1. The lowest BCUT2D eigenvalue weighted by molar-refractivity contribution is 0.0943. The summed E-state index contributed by atoms with van der Waals surface area (Å²) in [7, 11) is 0. The van der Waals surface area contributed by atoms with Crippen molar-refractivity contribution in [2.75, 3.05) is 37.6 Å². The molecule has 14 aromatic rings.